The monoisotopic (exact) mass is 397 g/mol. The van der Waals surface area contributed by atoms with Crippen LogP contribution in [0.2, 0.25) is 0 Å². The summed E-state index contributed by atoms with van der Waals surface area (Å²) in [6, 6.07) is 5.13. The van der Waals surface area contributed by atoms with E-state index in [0.717, 1.165) is 25.7 Å². The van der Waals surface area contributed by atoms with E-state index in [4.69, 9.17) is 10.5 Å². The summed E-state index contributed by atoms with van der Waals surface area (Å²) in [5, 5.41) is 2.95. The zero-order chi connectivity index (χ0) is 19.2. The van der Waals surface area contributed by atoms with Crippen molar-refractivity contribution in [1.29, 1.82) is 0 Å². The van der Waals surface area contributed by atoms with E-state index in [1.807, 2.05) is 6.92 Å². The maximum absolute atomic E-state index is 12.7. The number of nitrogens with two attached hydrogens (primary N) is 1. The molecule has 0 atom stereocenters. The second-order valence-corrected chi connectivity index (χ2v) is 7.33. The molecule has 6 nitrogen and oxygen atoms in total. The molecule has 1 aliphatic carbocycles. The third kappa shape index (κ3) is 6.11. The summed E-state index contributed by atoms with van der Waals surface area (Å²) in [7, 11) is 3.40. The molecule has 0 bridgehead atoms. The first-order valence-corrected chi connectivity index (χ1v) is 9.39. The molecule has 3 N–H and O–H groups in total. The van der Waals surface area contributed by atoms with Crippen LogP contribution in [0.3, 0.4) is 0 Å². The number of carbonyl (C=O) groups is 2. The number of nitrogens with zero attached hydrogens (tertiary/aromatic N) is 1. The lowest BCUT2D eigenvalue weighted by atomic mass is 9.71. The average molecular weight is 398 g/mol. The number of halogens is 1. The van der Waals surface area contributed by atoms with Gasteiger partial charge >= 0.3 is 0 Å². The largest absolute Gasteiger partial charge is 0.492 e. The molecule has 27 heavy (non-hydrogen) atoms. The van der Waals surface area contributed by atoms with Crippen LogP contribution < -0.4 is 15.8 Å². The lowest BCUT2D eigenvalue weighted by molar-refractivity contribution is -0.118. The topological polar surface area (TPSA) is 84.7 Å². The van der Waals surface area contributed by atoms with Gasteiger partial charge in [-0.05, 0) is 49.9 Å². The van der Waals surface area contributed by atoms with Crippen LogP contribution >= 0.6 is 12.4 Å². The molecule has 7 heteroatoms. The Bertz CT molecular complexity index is 643. The maximum Gasteiger partial charge on any atom is 0.253 e. The van der Waals surface area contributed by atoms with E-state index in [2.05, 4.69) is 5.32 Å². The fourth-order valence-corrected chi connectivity index (χ4v) is 3.59. The first kappa shape index (κ1) is 23.2. The van der Waals surface area contributed by atoms with Crippen molar-refractivity contribution in [3.8, 4) is 5.75 Å². The van der Waals surface area contributed by atoms with Crippen molar-refractivity contribution in [2.75, 3.05) is 32.6 Å². The predicted molar refractivity (Wildman–Crippen MR) is 111 cm³/mol. The highest BCUT2D eigenvalue weighted by atomic mass is 35.5. The van der Waals surface area contributed by atoms with E-state index >= 15 is 0 Å². The summed E-state index contributed by atoms with van der Waals surface area (Å²) in [4.78, 5) is 26.4. The van der Waals surface area contributed by atoms with E-state index in [-0.39, 0.29) is 29.6 Å². The zero-order valence-electron chi connectivity index (χ0n) is 16.5. The van der Waals surface area contributed by atoms with Crippen LogP contribution in [0.5, 0.6) is 5.75 Å². The normalized spacial score (nSPS) is 15.4. The summed E-state index contributed by atoms with van der Waals surface area (Å²) >= 11 is 0. The minimum atomic E-state index is -0.116. The quantitative estimate of drug-likeness (QED) is 0.737. The second kappa shape index (κ2) is 10.5. The standard InChI is InChI=1S/C20H31N3O3.ClH/c1-4-26-17-9-8-15(19(25)23(2)3)12-16(17)22-18(24)13-20(14-21)10-6-5-7-11-20;/h8-9,12H,4-7,10-11,13-14,21H2,1-3H3,(H,22,24);1H. The van der Waals surface area contributed by atoms with Gasteiger partial charge in [-0.25, -0.2) is 0 Å². The summed E-state index contributed by atoms with van der Waals surface area (Å²) in [6.45, 7) is 2.89. The fourth-order valence-electron chi connectivity index (χ4n) is 3.59. The molecule has 0 spiro atoms. The maximum atomic E-state index is 12.7. The molecule has 1 aromatic carbocycles. The Kier molecular flexibility index (Phi) is 9.06. The van der Waals surface area contributed by atoms with Crippen molar-refractivity contribution in [3.63, 3.8) is 0 Å². The number of hydrogen-bond donors (Lipinski definition) is 2. The highest BCUT2D eigenvalue weighted by Crippen LogP contribution is 2.39. The lowest BCUT2D eigenvalue weighted by Gasteiger charge is -2.35. The SMILES string of the molecule is CCOc1ccc(C(=O)N(C)C)cc1NC(=O)CC1(CN)CCCCC1.Cl. The minimum Gasteiger partial charge on any atom is -0.492 e. The van der Waals surface area contributed by atoms with Crippen molar-refractivity contribution >= 4 is 29.9 Å². The van der Waals surface area contributed by atoms with Crippen LogP contribution in [0, 0.1) is 5.41 Å². The Morgan fingerprint density at radius 2 is 1.89 bits per heavy atom. The van der Waals surface area contributed by atoms with Gasteiger partial charge in [0.25, 0.3) is 5.91 Å². The van der Waals surface area contributed by atoms with E-state index in [0.29, 0.717) is 36.6 Å². The summed E-state index contributed by atoms with van der Waals surface area (Å²) in [5.41, 5.74) is 6.94. The zero-order valence-corrected chi connectivity index (χ0v) is 17.4. The van der Waals surface area contributed by atoms with Gasteiger partial charge in [0.1, 0.15) is 5.75 Å². The van der Waals surface area contributed by atoms with Crippen LogP contribution in [0.25, 0.3) is 0 Å². The van der Waals surface area contributed by atoms with Crippen LogP contribution in [0.4, 0.5) is 5.69 Å². The molecule has 0 aliphatic heterocycles. The third-order valence-corrected chi connectivity index (χ3v) is 5.09. The molecule has 1 aromatic rings. The molecular formula is C20H32ClN3O3. The second-order valence-electron chi connectivity index (χ2n) is 7.33. The number of amides is 2. The Morgan fingerprint density at radius 3 is 2.44 bits per heavy atom. The number of hydrogen-bond acceptors (Lipinski definition) is 4. The van der Waals surface area contributed by atoms with Crippen molar-refractivity contribution in [3.05, 3.63) is 23.8 Å². The van der Waals surface area contributed by atoms with Crippen molar-refractivity contribution in [2.45, 2.75) is 45.4 Å². The van der Waals surface area contributed by atoms with Crippen LogP contribution in [0.15, 0.2) is 18.2 Å². The molecule has 0 radical (unpaired) electrons. The average Bonchev–Trinajstić information content (AvgIpc) is 2.63. The molecule has 0 saturated heterocycles. The molecule has 0 heterocycles. The smallest absolute Gasteiger partial charge is 0.253 e. The van der Waals surface area contributed by atoms with E-state index < -0.39 is 0 Å². The summed E-state index contributed by atoms with van der Waals surface area (Å²) in [6.07, 6.45) is 5.86. The highest BCUT2D eigenvalue weighted by molar-refractivity contribution is 5.98. The van der Waals surface area contributed by atoms with Gasteiger partial charge in [-0.3, -0.25) is 9.59 Å². The van der Waals surface area contributed by atoms with E-state index in [1.165, 1.54) is 11.3 Å². The van der Waals surface area contributed by atoms with Crippen LogP contribution in [0.1, 0.15) is 55.8 Å². The molecule has 1 saturated carbocycles. The molecule has 1 fully saturated rings. The summed E-state index contributed by atoms with van der Waals surface area (Å²) in [5.74, 6) is 0.378. The number of nitrogens with one attached hydrogen (secondary N) is 1. The third-order valence-electron chi connectivity index (χ3n) is 5.09. The number of anilines is 1. The van der Waals surface area contributed by atoms with Gasteiger partial charge in [0.15, 0.2) is 0 Å². The number of ether oxygens (including phenoxy) is 1. The predicted octanol–water partition coefficient (Wildman–Crippen LogP) is 3.45. The molecule has 2 amide bonds. The molecule has 2 rings (SSSR count). The van der Waals surface area contributed by atoms with Gasteiger partial charge < -0.3 is 20.7 Å². The molecular weight excluding hydrogens is 366 g/mol. The van der Waals surface area contributed by atoms with Crippen LogP contribution in [-0.4, -0.2) is 44.0 Å². The van der Waals surface area contributed by atoms with Crippen LogP contribution in [-0.2, 0) is 4.79 Å². The Hall–Kier alpha value is -1.79. The molecule has 0 unspecified atom stereocenters. The summed E-state index contributed by atoms with van der Waals surface area (Å²) < 4.78 is 5.61. The Balaban J connectivity index is 0.00000364. The Labute approximate surface area is 168 Å². The number of rotatable bonds is 7. The van der Waals surface area contributed by atoms with Crippen molar-refractivity contribution < 1.29 is 14.3 Å². The highest BCUT2D eigenvalue weighted by Gasteiger charge is 2.33. The fraction of sp³-hybridized carbons (Fsp3) is 0.600. The molecule has 152 valence electrons. The Morgan fingerprint density at radius 1 is 1.22 bits per heavy atom. The van der Waals surface area contributed by atoms with Gasteiger partial charge in [-0.15, -0.1) is 12.4 Å². The molecule has 1 aliphatic rings. The first-order chi connectivity index (χ1) is 12.4. The first-order valence-electron chi connectivity index (χ1n) is 9.39. The minimum absolute atomic E-state index is 0. The van der Waals surface area contributed by atoms with Crippen molar-refractivity contribution in [1.82, 2.24) is 4.90 Å². The lowest BCUT2D eigenvalue weighted by Crippen LogP contribution is -2.36. The van der Waals surface area contributed by atoms with Gasteiger partial charge in [-0.1, -0.05) is 19.3 Å². The number of benzene rings is 1. The van der Waals surface area contributed by atoms with E-state index in [9.17, 15) is 9.59 Å². The van der Waals surface area contributed by atoms with Gasteiger partial charge in [0.05, 0.1) is 12.3 Å². The van der Waals surface area contributed by atoms with Crippen molar-refractivity contribution in [2.24, 2.45) is 11.1 Å². The van der Waals surface area contributed by atoms with Gasteiger partial charge in [0, 0.05) is 26.1 Å². The van der Waals surface area contributed by atoms with Gasteiger partial charge in [-0.2, -0.15) is 0 Å². The number of carbonyl (C=O) groups excluding carboxylic acids is 2. The van der Waals surface area contributed by atoms with E-state index in [1.54, 1.807) is 32.3 Å². The van der Waals surface area contributed by atoms with Gasteiger partial charge in [0.2, 0.25) is 5.91 Å². The molecule has 0 aromatic heterocycles.